The van der Waals surface area contributed by atoms with E-state index in [1.807, 2.05) is 47.9 Å². The second-order valence-electron chi connectivity index (χ2n) is 8.13. The zero-order valence-corrected chi connectivity index (χ0v) is 18.1. The van der Waals surface area contributed by atoms with Crippen LogP contribution in [-0.4, -0.2) is 33.4 Å². The van der Waals surface area contributed by atoms with Gasteiger partial charge in [0.05, 0.1) is 11.2 Å². The Morgan fingerprint density at radius 2 is 1.91 bits per heavy atom. The fourth-order valence-electron chi connectivity index (χ4n) is 4.40. The molecule has 4 heterocycles. The van der Waals surface area contributed by atoms with Crippen LogP contribution in [0.5, 0.6) is 0 Å². The van der Waals surface area contributed by atoms with E-state index in [9.17, 15) is 4.79 Å². The van der Waals surface area contributed by atoms with Crippen molar-refractivity contribution >= 4 is 17.2 Å². The van der Waals surface area contributed by atoms with Gasteiger partial charge in [0.25, 0.3) is 5.91 Å². The Hall–Kier alpha value is -3.71. The minimum Gasteiger partial charge on any atom is -0.366 e. The molecule has 1 amide bonds. The first kappa shape index (κ1) is 20.2. The van der Waals surface area contributed by atoms with Gasteiger partial charge in [-0.3, -0.25) is 4.79 Å². The van der Waals surface area contributed by atoms with Crippen molar-refractivity contribution in [2.75, 3.05) is 18.4 Å². The molecule has 1 aliphatic heterocycles. The summed E-state index contributed by atoms with van der Waals surface area (Å²) in [5, 5.41) is 7.02. The number of hydrogen-bond donors (Lipinski definition) is 3. The second kappa shape index (κ2) is 8.43. The summed E-state index contributed by atoms with van der Waals surface area (Å²) < 4.78 is 1.83. The van der Waals surface area contributed by atoms with Crippen LogP contribution in [-0.2, 0) is 19.4 Å². The predicted octanol–water partition coefficient (Wildman–Crippen LogP) is 3.10. The van der Waals surface area contributed by atoms with Crippen LogP contribution in [0, 0.1) is 6.92 Å². The Kier molecular flexibility index (Phi) is 5.33. The van der Waals surface area contributed by atoms with E-state index in [2.05, 4.69) is 22.8 Å². The molecule has 3 aromatic heterocycles. The quantitative estimate of drug-likeness (QED) is 0.456. The molecule has 0 radical (unpaired) electrons. The maximum absolute atomic E-state index is 11.9. The summed E-state index contributed by atoms with van der Waals surface area (Å²) in [7, 11) is 0. The number of anilines is 1. The molecule has 0 atom stereocenters. The summed E-state index contributed by atoms with van der Waals surface area (Å²) in [5.41, 5.74) is 12.3. The number of nitrogens with one attached hydrogen (secondary N) is 2. The number of aromatic nitrogens is 3. The summed E-state index contributed by atoms with van der Waals surface area (Å²) >= 11 is 0. The number of nitrogens with zero attached hydrogens (tertiary/aromatic N) is 3. The number of hydrogen-bond acceptors (Lipinski definition) is 5. The van der Waals surface area contributed by atoms with Gasteiger partial charge in [-0.2, -0.15) is 0 Å². The van der Waals surface area contributed by atoms with E-state index in [0.29, 0.717) is 18.1 Å². The summed E-state index contributed by atoms with van der Waals surface area (Å²) in [6.45, 7) is 4.51. The normalized spacial score (nSPS) is 13.5. The SMILES string of the molecule is Cc1cn2c(C(N)=O)cccc2c1-c1nc2c(c(NCc3ccccc3)n1)CCNCC2. The van der Waals surface area contributed by atoms with Gasteiger partial charge in [0.1, 0.15) is 11.5 Å². The Bertz CT molecular complexity index is 1300. The number of carbonyl (C=O) groups is 1. The molecule has 4 N–H and O–H groups in total. The lowest BCUT2D eigenvalue weighted by Gasteiger charge is -2.15. The van der Waals surface area contributed by atoms with Crippen LogP contribution in [0.15, 0.2) is 54.7 Å². The third-order valence-corrected chi connectivity index (χ3v) is 5.96. The molecule has 162 valence electrons. The smallest absolute Gasteiger partial charge is 0.265 e. The van der Waals surface area contributed by atoms with Gasteiger partial charge in [-0.15, -0.1) is 0 Å². The Balaban J connectivity index is 1.63. The number of carbonyl (C=O) groups excluding carboxylic acids is 1. The predicted molar refractivity (Wildman–Crippen MR) is 126 cm³/mol. The molecule has 32 heavy (non-hydrogen) atoms. The highest BCUT2D eigenvalue weighted by Crippen LogP contribution is 2.31. The minimum absolute atomic E-state index is 0.443. The van der Waals surface area contributed by atoms with Gasteiger partial charge in [-0.25, -0.2) is 9.97 Å². The molecular weight excluding hydrogens is 400 g/mol. The highest BCUT2D eigenvalue weighted by atomic mass is 16.1. The van der Waals surface area contributed by atoms with Gasteiger partial charge in [0, 0.05) is 36.8 Å². The second-order valence-corrected chi connectivity index (χ2v) is 8.13. The monoisotopic (exact) mass is 426 g/mol. The van der Waals surface area contributed by atoms with Gasteiger partial charge in [-0.05, 0) is 43.1 Å². The number of rotatable bonds is 5. The van der Waals surface area contributed by atoms with E-state index in [1.54, 1.807) is 6.07 Å². The van der Waals surface area contributed by atoms with Crippen LogP contribution in [0.1, 0.15) is 32.9 Å². The Labute approximate surface area is 186 Å². The fourth-order valence-corrected chi connectivity index (χ4v) is 4.40. The first-order valence-corrected chi connectivity index (χ1v) is 10.9. The summed E-state index contributed by atoms with van der Waals surface area (Å²) in [6.07, 6.45) is 3.66. The maximum atomic E-state index is 11.9. The molecule has 5 rings (SSSR count). The third kappa shape index (κ3) is 3.71. The van der Waals surface area contributed by atoms with Crippen LogP contribution in [0.3, 0.4) is 0 Å². The van der Waals surface area contributed by atoms with Gasteiger partial charge in [0.15, 0.2) is 5.82 Å². The number of primary amides is 1. The molecule has 7 heteroatoms. The molecule has 0 saturated heterocycles. The first-order valence-electron chi connectivity index (χ1n) is 10.9. The van der Waals surface area contributed by atoms with Gasteiger partial charge in [-0.1, -0.05) is 36.4 Å². The average molecular weight is 427 g/mol. The largest absolute Gasteiger partial charge is 0.366 e. The van der Waals surface area contributed by atoms with Crippen molar-refractivity contribution in [1.82, 2.24) is 19.7 Å². The van der Waals surface area contributed by atoms with Crippen molar-refractivity contribution in [3.63, 3.8) is 0 Å². The van der Waals surface area contributed by atoms with Crippen LogP contribution in [0.25, 0.3) is 16.9 Å². The van der Waals surface area contributed by atoms with Crippen LogP contribution in [0.4, 0.5) is 5.82 Å². The van der Waals surface area contributed by atoms with Crippen molar-refractivity contribution in [1.29, 1.82) is 0 Å². The lowest BCUT2D eigenvalue weighted by Crippen LogP contribution is -2.16. The standard InChI is InChI=1S/C25H26N6O/c1-16-15-31-20(8-5-9-21(31)23(26)32)22(16)25-29-19-11-13-27-12-10-18(19)24(30-25)28-14-17-6-3-2-4-7-17/h2-9,15,27H,10-14H2,1H3,(H2,26,32)(H,28,29,30). The van der Waals surface area contributed by atoms with Gasteiger partial charge in [0.2, 0.25) is 0 Å². The number of amides is 1. The highest BCUT2D eigenvalue weighted by Gasteiger charge is 2.21. The number of pyridine rings is 1. The summed E-state index contributed by atoms with van der Waals surface area (Å²) in [5.74, 6) is 1.08. The number of fused-ring (bicyclic) bond motifs is 2. The van der Waals surface area contributed by atoms with Crippen molar-refractivity contribution < 1.29 is 4.79 Å². The molecule has 1 aromatic carbocycles. The third-order valence-electron chi connectivity index (χ3n) is 5.96. The van der Waals surface area contributed by atoms with E-state index >= 15 is 0 Å². The summed E-state index contributed by atoms with van der Waals surface area (Å²) in [6, 6.07) is 15.9. The molecule has 0 fully saturated rings. The molecule has 7 nitrogen and oxygen atoms in total. The molecule has 0 spiro atoms. The van der Waals surface area contributed by atoms with Crippen molar-refractivity contribution in [2.24, 2.45) is 5.73 Å². The number of aryl methyl sites for hydroxylation is 1. The van der Waals surface area contributed by atoms with Crippen LogP contribution < -0.4 is 16.4 Å². The first-order chi connectivity index (χ1) is 15.6. The maximum Gasteiger partial charge on any atom is 0.265 e. The zero-order chi connectivity index (χ0) is 22.1. The zero-order valence-electron chi connectivity index (χ0n) is 18.1. The topological polar surface area (TPSA) is 97.3 Å². The lowest BCUT2D eigenvalue weighted by molar-refractivity contribution is 0.0994. The van der Waals surface area contributed by atoms with Crippen molar-refractivity contribution in [3.05, 3.63) is 82.8 Å². The van der Waals surface area contributed by atoms with E-state index in [4.69, 9.17) is 15.7 Å². The van der Waals surface area contributed by atoms with Gasteiger partial charge < -0.3 is 20.8 Å². The molecule has 1 aliphatic rings. The molecule has 0 saturated carbocycles. The van der Waals surface area contributed by atoms with Crippen LogP contribution in [0.2, 0.25) is 0 Å². The van der Waals surface area contributed by atoms with Crippen LogP contribution >= 0.6 is 0 Å². The molecule has 0 bridgehead atoms. The Morgan fingerprint density at radius 3 is 2.72 bits per heavy atom. The van der Waals surface area contributed by atoms with E-state index in [1.165, 1.54) is 11.1 Å². The van der Waals surface area contributed by atoms with Gasteiger partial charge >= 0.3 is 0 Å². The van der Waals surface area contributed by atoms with E-state index < -0.39 is 5.91 Å². The lowest BCUT2D eigenvalue weighted by atomic mass is 10.1. The minimum atomic E-state index is -0.462. The summed E-state index contributed by atoms with van der Waals surface area (Å²) in [4.78, 5) is 21.9. The van der Waals surface area contributed by atoms with E-state index in [-0.39, 0.29) is 0 Å². The molecule has 0 unspecified atom stereocenters. The average Bonchev–Trinajstić information content (AvgIpc) is 2.96. The fraction of sp³-hybridized carbons (Fsp3) is 0.240. The molecule has 0 aliphatic carbocycles. The number of benzene rings is 1. The van der Waals surface area contributed by atoms with E-state index in [0.717, 1.165) is 54.1 Å². The molecular formula is C25H26N6O. The molecule has 4 aromatic rings. The highest BCUT2D eigenvalue weighted by molar-refractivity contribution is 5.93. The van der Waals surface area contributed by atoms with Crippen molar-refractivity contribution in [2.45, 2.75) is 26.3 Å². The van der Waals surface area contributed by atoms with Crippen molar-refractivity contribution in [3.8, 4) is 11.4 Å². The number of nitrogens with two attached hydrogens (primary N) is 1. The Morgan fingerprint density at radius 1 is 1.09 bits per heavy atom.